The summed E-state index contributed by atoms with van der Waals surface area (Å²) in [4.78, 5) is 31.0. The van der Waals surface area contributed by atoms with E-state index >= 15 is 0 Å². The van der Waals surface area contributed by atoms with E-state index < -0.39 is 0 Å². The second-order valence-corrected chi connectivity index (χ2v) is 7.70. The molecule has 1 unspecified atom stereocenters. The molecule has 0 aliphatic carbocycles. The molecule has 2 fully saturated rings. The molecule has 6 nitrogen and oxygen atoms in total. The third-order valence-electron chi connectivity index (χ3n) is 5.35. The van der Waals surface area contributed by atoms with Crippen LogP contribution in [0.4, 0.5) is 5.82 Å². The lowest BCUT2D eigenvalue weighted by Crippen LogP contribution is -2.44. The molecule has 2 saturated heterocycles. The van der Waals surface area contributed by atoms with Crippen LogP contribution in [0, 0.1) is 11.8 Å². The zero-order valence-electron chi connectivity index (χ0n) is 15.0. The van der Waals surface area contributed by atoms with Crippen molar-refractivity contribution in [3.63, 3.8) is 0 Å². The van der Waals surface area contributed by atoms with Crippen molar-refractivity contribution in [1.29, 1.82) is 0 Å². The Bertz CT molecular complexity index is 616. The monoisotopic (exact) mass is 378 g/mol. The van der Waals surface area contributed by atoms with Gasteiger partial charge in [0.05, 0.1) is 10.9 Å². The van der Waals surface area contributed by atoms with Crippen LogP contribution < -0.4 is 10.6 Å². The van der Waals surface area contributed by atoms with E-state index in [4.69, 9.17) is 11.6 Å². The van der Waals surface area contributed by atoms with Gasteiger partial charge in [0, 0.05) is 25.7 Å². The first-order chi connectivity index (χ1) is 12.6. The lowest BCUT2D eigenvalue weighted by atomic mass is 9.92. The number of nitrogens with one attached hydrogen (secondary N) is 2. The first kappa shape index (κ1) is 19.1. The maximum atomic E-state index is 12.6. The number of hydrogen-bond acceptors (Lipinski definition) is 4. The van der Waals surface area contributed by atoms with Crippen molar-refractivity contribution in [2.24, 2.45) is 11.8 Å². The van der Waals surface area contributed by atoms with Gasteiger partial charge in [-0.25, -0.2) is 4.98 Å². The summed E-state index contributed by atoms with van der Waals surface area (Å²) in [6, 6.07) is 3.38. The number of anilines is 1. The summed E-state index contributed by atoms with van der Waals surface area (Å²) >= 11 is 5.81. The largest absolute Gasteiger partial charge is 0.342 e. The number of nitrogens with zero attached hydrogens (tertiary/aromatic N) is 2. The Morgan fingerprint density at radius 2 is 2.08 bits per heavy atom. The van der Waals surface area contributed by atoms with Crippen LogP contribution in [0.15, 0.2) is 18.3 Å². The number of rotatable bonds is 5. The molecule has 3 heterocycles. The highest BCUT2D eigenvalue weighted by Crippen LogP contribution is 2.22. The Morgan fingerprint density at radius 3 is 2.81 bits per heavy atom. The fraction of sp³-hybridized carbons (Fsp3) is 0.632. The topological polar surface area (TPSA) is 74.3 Å². The molecule has 0 bridgehead atoms. The number of halogens is 1. The Balaban J connectivity index is 1.47. The number of hydrogen-bond donors (Lipinski definition) is 2. The molecular weight excluding hydrogens is 352 g/mol. The average Bonchev–Trinajstić information content (AvgIpc) is 2.69. The Morgan fingerprint density at radius 1 is 1.27 bits per heavy atom. The first-order valence-electron chi connectivity index (χ1n) is 9.53. The van der Waals surface area contributed by atoms with Gasteiger partial charge in [0.25, 0.3) is 0 Å². The van der Waals surface area contributed by atoms with Crippen LogP contribution in [-0.2, 0) is 9.59 Å². The molecule has 7 heteroatoms. The molecule has 26 heavy (non-hydrogen) atoms. The predicted octanol–water partition coefficient (Wildman–Crippen LogP) is 2.69. The van der Waals surface area contributed by atoms with Gasteiger partial charge >= 0.3 is 0 Å². The van der Waals surface area contributed by atoms with Gasteiger partial charge in [0.2, 0.25) is 11.8 Å². The quantitative estimate of drug-likeness (QED) is 0.826. The summed E-state index contributed by atoms with van der Waals surface area (Å²) in [5.41, 5.74) is 0. The van der Waals surface area contributed by atoms with Crippen molar-refractivity contribution in [1.82, 2.24) is 15.2 Å². The fourth-order valence-corrected chi connectivity index (χ4v) is 3.86. The molecule has 1 atom stereocenters. The molecule has 1 aromatic rings. The zero-order chi connectivity index (χ0) is 18.4. The second kappa shape index (κ2) is 9.33. The summed E-state index contributed by atoms with van der Waals surface area (Å²) in [5.74, 6) is 1.08. The summed E-state index contributed by atoms with van der Waals surface area (Å²) in [5, 5.41) is 6.72. The number of likely N-dealkylation sites (tertiary alicyclic amines) is 1. The molecule has 2 aliphatic heterocycles. The van der Waals surface area contributed by atoms with Crippen molar-refractivity contribution >= 4 is 29.2 Å². The van der Waals surface area contributed by atoms with Crippen molar-refractivity contribution in [3.05, 3.63) is 23.4 Å². The predicted molar refractivity (Wildman–Crippen MR) is 102 cm³/mol. The van der Waals surface area contributed by atoms with E-state index in [1.165, 1.54) is 6.20 Å². The molecule has 0 aromatic carbocycles. The third-order valence-corrected chi connectivity index (χ3v) is 5.57. The molecule has 2 aliphatic rings. The minimum absolute atomic E-state index is 0.0734. The molecule has 2 N–H and O–H groups in total. The number of carbonyl (C=O) groups is 2. The molecule has 0 spiro atoms. The van der Waals surface area contributed by atoms with Crippen molar-refractivity contribution in [2.45, 2.75) is 38.5 Å². The maximum Gasteiger partial charge on any atom is 0.230 e. The number of carbonyl (C=O) groups excluding carboxylic acids is 2. The van der Waals surface area contributed by atoms with E-state index in [-0.39, 0.29) is 17.7 Å². The summed E-state index contributed by atoms with van der Waals surface area (Å²) in [6.07, 6.45) is 7.05. The standard InChI is InChI=1S/C19H27ClN4O2/c20-16-4-5-17(22-12-16)23-19(26)15-2-1-11-24(13-15)18(25)6-3-14-7-9-21-10-8-14/h4-5,12,14-15,21H,1-3,6-11,13H2,(H,22,23,26). The highest BCUT2D eigenvalue weighted by atomic mass is 35.5. The molecule has 2 amide bonds. The average molecular weight is 379 g/mol. The number of pyridine rings is 1. The molecule has 3 rings (SSSR count). The van der Waals surface area contributed by atoms with E-state index in [0.717, 1.165) is 51.7 Å². The second-order valence-electron chi connectivity index (χ2n) is 7.26. The Kier molecular flexibility index (Phi) is 6.86. The normalized spacial score (nSPS) is 21.4. The van der Waals surface area contributed by atoms with Gasteiger partial charge in [-0.05, 0) is 63.2 Å². The van der Waals surface area contributed by atoms with Crippen molar-refractivity contribution < 1.29 is 9.59 Å². The van der Waals surface area contributed by atoms with Crippen LogP contribution >= 0.6 is 11.6 Å². The Hall–Kier alpha value is -1.66. The number of piperidine rings is 2. The SMILES string of the molecule is O=C(Nc1ccc(Cl)cn1)C1CCCN(C(=O)CCC2CCNCC2)C1. The molecule has 0 saturated carbocycles. The summed E-state index contributed by atoms with van der Waals surface area (Å²) in [7, 11) is 0. The molecule has 1 aromatic heterocycles. The van der Waals surface area contributed by atoms with E-state index in [0.29, 0.717) is 29.7 Å². The highest BCUT2D eigenvalue weighted by Gasteiger charge is 2.29. The third kappa shape index (κ3) is 5.42. The number of amides is 2. The van der Waals surface area contributed by atoms with Gasteiger partial charge in [-0.15, -0.1) is 0 Å². The zero-order valence-corrected chi connectivity index (χ0v) is 15.8. The maximum absolute atomic E-state index is 12.6. The van der Waals surface area contributed by atoms with Crippen LogP contribution in [-0.4, -0.2) is 47.9 Å². The van der Waals surface area contributed by atoms with Gasteiger partial charge in [-0.3, -0.25) is 9.59 Å². The van der Waals surface area contributed by atoms with E-state index in [2.05, 4.69) is 15.6 Å². The van der Waals surface area contributed by atoms with Gasteiger partial charge < -0.3 is 15.5 Å². The van der Waals surface area contributed by atoms with Crippen molar-refractivity contribution in [2.75, 3.05) is 31.5 Å². The summed E-state index contributed by atoms with van der Waals surface area (Å²) in [6.45, 7) is 3.38. The number of aromatic nitrogens is 1. The minimum atomic E-state index is -0.177. The summed E-state index contributed by atoms with van der Waals surface area (Å²) < 4.78 is 0. The fourth-order valence-electron chi connectivity index (χ4n) is 3.75. The van der Waals surface area contributed by atoms with Gasteiger partial charge in [0.1, 0.15) is 5.82 Å². The lowest BCUT2D eigenvalue weighted by molar-refractivity contribution is -0.134. The van der Waals surface area contributed by atoms with E-state index in [1.54, 1.807) is 12.1 Å². The smallest absolute Gasteiger partial charge is 0.230 e. The van der Waals surface area contributed by atoms with Crippen LogP contribution in [0.2, 0.25) is 5.02 Å². The van der Waals surface area contributed by atoms with Gasteiger partial charge in [-0.2, -0.15) is 0 Å². The van der Waals surface area contributed by atoms with Crippen LogP contribution in [0.25, 0.3) is 0 Å². The van der Waals surface area contributed by atoms with Gasteiger partial charge in [-0.1, -0.05) is 11.6 Å². The van der Waals surface area contributed by atoms with Crippen molar-refractivity contribution in [3.8, 4) is 0 Å². The van der Waals surface area contributed by atoms with Gasteiger partial charge in [0.15, 0.2) is 0 Å². The van der Waals surface area contributed by atoms with E-state index in [1.807, 2.05) is 4.90 Å². The lowest BCUT2D eigenvalue weighted by Gasteiger charge is -2.32. The molecule has 142 valence electrons. The van der Waals surface area contributed by atoms with Crippen LogP contribution in [0.1, 0.15) is 38.5 Å². The highest BCUT2D eigenvalue weighted by molar-refractivity contribution is 6.30. The van der Waals surface area contributed by atoms with Crippen LogP contribution in [0.3, 0.4) is 0 Å². The van der Waals surface area contributed by atoms with E-state index in [9.17, 15) is 9.59 Å². The Labute approximate surface area is 159 Å². The first-order valence-corrected chi connectivity index (χ1v) is 9.90. The van der Waals surface area contributed by atoms with Crippen LogP contribution in [0.5, 0.6) is 0 Å². The molecule has 0 radical (unpaired) electrons. The minimum Gasteiger partial charge on any atom is -0.342 e. The molecular formula is C19H27ClN4O2.